The highest BCUT2D eigenvalue weighted by Crippen LogP contribution is 2.31. The third-order valence-corrected chi connectivity index (χ3v) is 6.09. The van der Waals surface area contributed by atoms with Crippen molar-refractivity contribution < 1.29 is 9.59 Å². The Kier molecular flexibility index (Phi) is 8.08. The van der Waals surface area contributed by atoms with Gasteiger partial charge in [-0.3, -0.25) is 15.0 Å². The van der Waals surface area contributed by atoms with Crippen molar-refractivity contribution in [1.82, 2.24) is 0 Å². The van der Waals surface area contributed by atoms with E-state index < -0.39 is 0 Å². The number of halogens is 1. The van der Waals surface area contributed by atoms with Gasteiger partial charge in [-0.2, -0.15) is 0 Å². The normalized spacial score (nSPS) is 12.3. The monoisotopic (exact) mass is 476 g/mol. The van der Waals surface area contributed by atoms with Crippen LogP contribution in [-0.2, 0) is 17.6 Å². The summed E-state index contributed by atoms with van der Waals surface area (Å²) in [5, 5.41) is 7.48. The Morgan fingerprint density at radius 1 is 1.00 bits per heavy atom. The zero-order valence-electron chi connectivity index (χ0n) is 19.2. The lowest BCUT2D eigenvalue weighted by molar-refractivity contribution is -0.118. The van der Waals surface area contributed by atoms with Crippen LogP contribution in [0.4, 0.5) is 11.4 Å². The van der Waals surface area contributed by atoms with Crippen molar-refractivity contribution in [2.24, 2.45) is 5.73 Å². The first kappa shape index (κ1) is 25.0. The van der Waals surface area contributed by atoms with E-state index in [1.807, 2.05) is 77.7 Å². The van der Waals surface area contributed by atoms with Crippen molar-refractivity contribution in [3.8, 4) is 0 Å². The van der Waals surface area contributed by atoms with Crippen molar-refractivity contribution in [2.75, 3.05) is 23.4 Å². The van der Waals surface area contributed by atoms with Gasteiger partial charge in [0, 0.05) is 42.5 Å². The van der Waals surface area contributed by atoms with Crippen LogP contribution in [0.3, 0.4) is 0 Å². The Morgan fingerprint density at radius 3 is 2.38 bits per heavy atom. The van der Waals surface area contributed by atoms with Gasteiger partial charge >= 0.3 is 0 Å². The van der Waals surface area contributed by atoms with Crippen LogP contribution in [0.15, 0.2) is 72.8 Å². The molecular weight excluding hydrogens is 448 g/mol. The molecule has 0 bridgehead atoms. The van der Waals surface area contributed by atoms with Crippen LogP contribution in [0.2, 0.25) is 0 Å². The summed E-state index contributed by atoms with van der Waals surface area (Å²) in [4.78, 5) is 29.4. The first-order chi connectivity index (χ1) is 15.9. The number of anilines is 2. The Labute approximate surface area is 206 Å². The lowest BCUT2D eigenvalue weighted by atomic mass is 9.99. The lowest BCUT2D eigenvalue weighted by Crippen LogP contribution is -2.36. The van der Waals surface area contributed by atoms with E-state index in [0.717, 1.165) is 35.3 Å². The number of amidine groups is 1. The van der Waals surface area contributed by atoms with E-state index in [1.54, 1.807) is 11.9 Å². The number of carbonyl (C=O) groups is 2. The van der Waals surface area contributed by atoms with Gasteiger partial charge in [0.1, 0.15) is 5.84 Å². The molecule has 0 aromatic heterocycles. The third kappa shape index (κ3) is 5.46. The zero-order valence-corrected chi connectivity index (χ0v) is 20.0. The average Bonchev–Trinajstić information content (AvgIpc) is 2.86. The second-order valence-electron chi connectivity index (χ2n) is 8.30. The highest BCUT2D eigenvalue weighted by molar-refractivity contribution is 6.06. The van der Waals surface area contributed by atoms with Gasteiger partial charge < -0.3 is 15.5 Å². The smallest absolute Gasteiger partial charge is 0.258 e. The van der Waals surface area contributed by atoms with E-state index in [2.05, 4.69) is 0 Å². The number of nitrogens with zero attached hydrogens (tertiary/aromatic N) is 2. The molecule has 0 radical (unpaired) electrons. The number of hydrogen-bond donors (Lipinski definition) is 2. The number of carbonyl (C=O) groups excluding carboxylic acids is 2. The second-order valence-corrected chi connectivity index (χ2v) is 8.30. The minimum atomic E-state index is -0.0601. The van der Waals surface area contributed by atoms with Crippen LogP contribution in [-0.4, -0.2) is 31.2 Å². The standard InChI is InChI=1S/C27H28N4O2.ClH/c1-30(27(33)21-6-3-2-4-7-21)23-14-15-24-22(18-23)8-5-17-31(24)25(32)16-11-19-9-12-20(13-10-19)26(28)29;/h2-4,6-7,9-10,12-15,18H,5,8,11,16-17H2,1H3,(H3,28,29);1H. The molecule has 4 rings (SSSR count). The van der Waals surface area contributed by atoms with E-state index >= 15 is 0 Å². The molecule has 176 valence electrons. The van der Waals surface area contributed by atoms with Crippen molar-refractivity contribution in [3.05, 3.63) is 95.1 Å². The van der Waals surface area contributed by atoms with Crippen molar-refractivity contribution in [2.45, 2.75) is 25.7 Å². The topological polar surface area (TPSA) is 90.5 Å². The molecule has 1 heterocycles. The number of amides is 2. The highest BCUT2D eigenvalue weighted by Gasteiger charge is 2.24. The van der Waals surface area contributed by atoms with Gasteiger partial charge in [0.25, 0.3) is 5.91 Å². The van der Waals surface area contributed by atoms with Gasteiger partial charge in [-0.1, -0.05) is 42.5 Å². The molecule has 1 aliphatic rings. The summed E-state index contributed by atoms with van der Waals surface area (Å²) in [5.41, 5.74) is 10.7. The fraction of sp³-hybridized carbons (Fsp3) is 0.222. The maximum Gasteiger partial charge on any atom is 0.258 e. The quantitative estimate of drug-likeness (QED) is 0.403. The third-order valence-electron chi connectivity index (χ3n) is 6.09. The van der Waals surface area contributed by atoms with Crippen molar-refractivity contribution in [1.29, 1.82) is 5.41 Å². The summed E-state index contributed by atoms with van der Waals surface area (Å²) in [6.45, 7) is 0.702. The van der Waals surface area contributed by atoms with Crippen LogP contribution in [0.25, 0.3) is 0 Å². The van der Waals surface area contributed by atoms with Crippen molar-refractivity contribution >= 4 is 41.4 Å². The van der Waals surface area contributed by atoms with Crippen LogP contribution >= 0.6 is 12.4 Å². The Balaban J connectivity index is 0.00000324. The number of nitrogen functional groups attached to an aromatic ring is 1. The molecule has 6 nitrogen and oxygen atoms in total. The minimum Gasteiger partial charge on any atom is -0.384 e. The van der Waals surface area contributed by atoms with Gasteiger partial charge in [0.15, 0.2) is 0 Å². The molecule has 0 aliphatic carbocycles. The van der Waals surface area contributed by atoms with E-state index in [0.29, 0.717) is 30.5 Å². The molecule has 0 fully saturated rings. The molecule has 3 aromatic rings. The average molecular weight is 477 g/mol. The molecule has 34 heavy (non-hydrogen) atoms. The summed E-state index contributed by atoms with van der Waals surface area (Å²) < 4.78 is 0. The molecular formula is C27H29ClN4O2. The molecule has 3 aromatic carbocycles. The van der Waals surface area contributed by atoms with Crippen LogP contribution < -0.4 is 15.5 Å². The molecule has 7 heteroatoms. The largest absolute Gasteiger partial charge is 0.384 e. The van der Waals surface area contributed by atoms with Gasteiger partial charge in [-0.15, -0.1) is 12.4 Å². The van der Waals surface area contributed by atoms with Crippen molar-refractivity contribution in [3.63, 3.8) is 0 Å². The van der Waals surface area contributed by atoms with Gasteiger partial charge in [0.2, 0.25) is 5.91 Å². The summed E-state index contributed by atoms with van der Waals surface area (Å²) in [6, 6.07) is 22.6. The maximum atomic E-state index is 13.0. The number of aryl methyl sites for hydroxylation is 2. The number of hydrogen-bond acceptors (Lipinski definition) is 3. The van der Waals surface area contributed by atoms with Crippen LogP contribution in [0, 0.1) is 5.41 Å². The van der Waals surface area contributed by atoms with Crippen LogP contribution in [0.1, 0.15) is 39.9 Å². The predicted octanol–water partition coefficient (Wildman–Crippen LogP) is 4.58. The first-order valence-corrected chi connectivity index (χ1v) is 11.1. The number of rotatable bonds is 6. The SMILES string of the molecule is CN(C(=O)c1ccccc1)c1ccc2c(c1)CCCN2C(=O)CCc1ccc(C(=N)N)cc1.Cl. The van der Waals surface area contributed by atoms with E-state index in [1.165, 1.54) is 0 Å². The summed E-state index contributed by atoms with van der Waals surface area (Å²) >= 11 is 0. The summed E-state index contributed by atoms with van der Waals surface area (Å²) in [7, 11) is 1.78. The van der Waals surface area contributed by atoms with E-state index in [-0.39, 0.29) is 30.1 Å². The zero-order chi connectivity index (χ0) is 23.4. The first-order valence-electron chi connectivity index (χ1n) is 11.1. The molecule has 0 unspecified atom stereocenters. The number of benzene rings is 3. The van der Waals surface area contributed by atoms with Crippen LogP contribution in [0.5, 0.6) is 0 Å². The maximum absolute atomic E-state index is 13.0. The molecule has 1 aliphatic heterocycles. The molecule has 3 N–H and O–H groups in total. The number of nitrogens with two attached hydrogens (primary N) is 1. The van der Waals surface area contributed by atoms with E-state index in [9.17, 15) is 9.59 Å². The molecule has 0 spiro atoms. The Bertz CT molecular complexity index is 1180. The Morgan fingerprint density at radius 2 is 1.71 bits per heavy atom. The number of fused-ring (bicyclic) bond motifs is 1. The predicted molar refractivity (Wildman–Crippen MR) is 139 cm³/mol. The minimum absolute atomic E-state index is 0. The molecule has 0 saturated heterocycles. The molecule has 0 atom stereocenters. The summed E-state index contributed by atoms with van der Waals surface area (Å²) in [6.07, 6.45) is 2.82. The van der Waals surface area contributed by atoms with Gasteiger partial charge in [-0.05, 0) is 60.7 Å². The highest BCUT2D eigenvalue weighted by atomic mass is 35.5. The Hall–Kier alpha value is -3.64. The fourth-order valence-electron chi connectivity index (χ4n) is 4.18. The number of nitrogens with one attached hydrogen (secondary N) is 1. The van der Waals surface area contributed by atoms with E-state index in [4.69, 9.17) is 11.1 Å². The lowest BCUT2D eigenvalue weighted by Gasteiger charge is -2.31. The van der Waals surface area contributed by atoms with Gasteiger partial charge in [-0.25, -0.2) is 0 Å². The summed E-state index contributed by atoms with van der Waals surface area (Å²) in [5.74, 6) is 0.0705. The van der Waals surface area contributed by atoms with Gasteiger partial charge in [0.05, 0.1) is 0 Å². The molecule has 0 saturated carbocycles. The molecule has 2 amide bonds. The second kappa shape index (κ2) is 11.0. The fourth-order valence-corrected chi connectivity index (χ4v) is 4.18.